The molecule has 0 aromatic heterocycles. The first-order valence-electron chi connectivity index (χ1n) is 5.45. The Morgan fingerprint density at radius 2 is 1.82 bits per heavy atom. The summed E-state index contributed by atoms with van der Waals surface area (Å²) in [7, 11) is 0. The molecule has 0 radical (unpaired) electrons. The van der Waals surface area contributed by atoms with E-state index in [0.29, 0.717) is 19.3 Å². The van der Waals surface area contributed by atoms with Crippen molar-refractivity contribution >= 4 is 37.2 Å². The highest BCUT2D eigenvalue weighted by Crippen LogP contribution is 2.11. The van der Waals surface area contributed by atoms with Gasteiger partial charge in [-0.1, -0.05) is 0 Å². The second kappa shape index (κ2) is 9.37. The molecule has 0 rings (SSSR count). The van der Waals surface area contributed by atoms with Crippen molar-refractivity contribution in [1.29, 1.82) is 5.26 Å². The number of hydrogen-bond acceptors (Lipinski definition) is 6. The van der Waals surface area contributed by atoms with Crippen molar-refractivity contribution in [2.75, 3.05) is 0 Å². The van der Waals surface area contributed by atoms with Gasteiger partial charge in [0.1, 0.15) is 0 Å². The van der Waals surface area contributed by atoms with E-state index in [9.17, 15) is 9.59 Å². The minimum absolute atomic E-state index is 0.0602. The van der Waals surface area contributed by atoms with E-state index in [1.807, 2.05) is 6.07 Å². The Labute approximate surface area is 113 Å². The summed E-state index contributed by atoms with van der Waals surface area (Å²) in [5, 5.41) is 8.51. The summed E-state index contributed by atoms with van der Waals surface area (Å²) >= 11 is 8.10. The molecule has 0 heterocycles. The molecule has 6 heteroatoms. The van der Waals surface area contributed by atoms with Gasteiger partial charge < -0.3 is 4.74 Å². The van der Waals surface area contributed by atoms with E-state index in [4.69, 9.17) is 5.26 Å². The SMILES string of the molecule is CC(C#N)CCC(=O)OC(=O)CCCC(S)S. The van der Waals surface area contributed by atoms with Gasteiger partial charge in [0.15, 0.2) is 0 Å². The van der Waals surface area contributed by atoms with Gasteiger partial charge in [-0.25, -0.2) is 0 Å². The summed E-state index contributed by atoms with van der Waals surface area (Å²) in [6.45, 7) is 1.72. The van der Waals surface area contributed by atoms with Crippen LogP contribution in [0.5, 0.6) is 0 Å². The van der Waals surface area contributed by atoms with Gasteiger partial charge in [0, 0.05) is 23.3 Å². The number of carbonyl (C=O) groups excluding carboxylic acids is 2. The van der Waals surface area contributed by atoms with E-state index in [1.54, 1.807) is 6.92 Å². The lowest BCUT2D eigenvalue weighted by atomic mass is 10.1. The number of carbonyl (C=O) groups is 2. The Bertz CT molecular complexity index is 300. The summed E-state index contributed by atoms with van der Waals surface area (Å²) in [6.07, 6.45) is 1.98. The van der Waals surface area contributed by atoms with Crippen molar-refractivity contribution < 1.29 is 14.3 Å². The summed E-state index contributed by atoms with van der Waals surface area (Å²) in [4.78, 5) is 22.4. The molecule has 0 saturated heterocycles. The summed E-state index contributed by atoms with van der Waals surface area (Å²) in [5.41, 5.74) is 0. The summed E-state index contributed by atoms with van der Waals surface area (Å²) in [6, 6.07) is 2.01. The molecule has 0 aliphatic rings. The maximum Gasteiger partial charge on any atom is 0.313 e. The van der Waals surface area contributed by atoms with E-state index in [0.717, 1.165) is 0 Å². The van der Waals surface area contributed by atoms with Crippen LogP contribution in [0.15, 0.2) is 0 Å². The first kappa shape index (κ1) is 16.3. The van der Waals surface area contributed by atoms with Crippen LogP contribution in [0, 0.1) is 17.2 Å². The minimum atomic E-state index is -0.564. The number of nitriles is 1. The minimum Gasteiger partial charge on any atom is -0.393 e. The molecule has 0 aliphatic heterocycles. The maximum absolute atomic E-state index is 11.2. The van der Waals surface area contributed by atoms with Crippen molar-refractivity contribution in [2.45, 2.75) is 43.6 Å². The first-order chi connectivity index (χ1) is 7.95. The number of rotatable bonds is 7. The predicted molar refractivity (Wildman–Crippen MR) is 70.7 cm³/mol. The van der Waals surface area contributed by atoms with Gasteiger partial charge in [-0.3, -0.25) is 9.59 Å². The Morgan fingerprint density at radius 1 is 1.24 bits per heavy atom. The lowest BCUT2D eigenvalue weighted by Crippen LogP contribution is -2.13. The topological polar surface area (TPSA) is 67.2 Å². The number of esters is 2. The van der Waals surface area contributed by atoms with E-state index in [-0.39, 0.29) is 23.3 Å². The number of ether oxygens (including phenoxy) is 1. The van der Waals surface area contributed by atoms with Gasteiger partial charge >= 0.3 is 11.9 Å². The van der Waals surface area contributed by atoms with Crippen molar-refractivity contribution in [1.82, 2.24) is 0 Å². The van der Waals surface area contributed by atoms with Crippen LogP contribution in [0.4, 0.5) is 0 Å². The number of thiol groups is 2. The molecule has 1 atom stereocenters. The van der Waals surface area contributed by atoms with E-state index in [1.165, 1.54) is 0 Å². The van der Waals surface area contributed by atoms with Crippen molar-refractivity contribution in [2.24, 2.45) is 5.92 Å². The molecule has 1 unspecified atom stereocenters. The average molecular weight is 275 g/mol. The second-order valence-electron chi connectivity index (χ2n) is 3.79. The highest BCUT2D eigenvalue weighted by Gasteiger charge is 2.12. The van der Waals surface area contributed by atoms with Crippen LogP contribution in [0.25, 0.3) is 0 Å². The van der Waals surface area contributed by atoms with Gasteiger partial charge in [0.25, 0.3) is 0 Å². The molecule has 0 aliphatic carbocycles. The largest absolute Gasteiger partial charge is 0.393 e. The van der Waals surface area contributed by atoms with Crippen LogP contribution in [-0.4, -0.2) is 16.5 Å². The van der Waals surface area contributed by atoms with Crippen LogP contribution >= 0.6 is 25.3 Å². The van der Waals surface area contributed by atoms with Crippen LogP contribution in [0.3, 0.4) is 0 Å². The third kappa shape index (κ3) is 10.2. The Kier molecular flexibility index (Phi) is 9.00. The van der Waals surface area contributed by atoms with E-state index < -0.39 is 11.9 Å². The molecule has 0 saturated carbocycles. The smallest absolute Gasteiger partial charge is 0.313 e. The third-order valence-electron chi connectivity index (χ3n) is 2.07. The van der Waals surface area contributed by atoms with Crippen LogP contribution < -0.4 is 0 Å². The summed E-state index contributed by atoms with van der Waals surface area (Å²) < 4.78 is 4.53. The van der Waals surface area contributed by atoms with Crippen molar-refractivity contribution in [3.8, 4) is 6.07 Å². The molecule has 0 amide bonds. The second-order valence-corrected chi connectivity index (χ2v) is 5.44. The highest BCUT2D eigenvalue weighted by molar-refractivity contribution is 7.99. The highest BCUT2D eigenvalue weighted by atomic mass is 32.2. The average Bonchev–Trinajstić information content (AvgIpc) is 2.25. The van der Waals surface area contributed by atoms with Crippen LogP contribution in [-0.2, 0) is 14.3 Å². The Balaban J connectivity index is 3.67. The van der Waals surface area contributed by atoms with Gasteiger partial charge in [0.05, 0.1) is 6.07 Å². The fraction of sp³-hybridized carbons (Fsp3) is 0.727. The third-order valence-corrected chi connectivity index (χ3v) is 2.59. The normalized spacial score (nSPS) is 11.9. The maximum atomic E-state index is 11.2. The zero-order valence-corrected chi connectivity index (χ0v) is 11.5. The van der Waals surface area contributed by atoms with E-state index >= 15 is 0 Å². The van der Waals surface area contributed by atoms with Crippen molar-refractivity contribution in [3.05, 3.63) is 0 Å². The molecule has 4 nitrogen and oxygen atoms in total. The van der Waals surface area contributed by atoms with E-state index in [2.05, 4.69) is 30.0 Å². The molecule has 0 fully saturated rings. The monoisotopic (exact) mass is 275 g/mol. The fourth-order valence-electron chi connectivity index (χ4n) is 1.06. The lowest BCUT2D eigenvalue weighted by Gasteiger charge is -2.04. The van der Waals surface area contributed by atoms with Gasteiger partial charge in [0.2, 0.25) is 0 Å². The lowest BCUT2D eigenvalue weighted by molar-refractivity contribution is -0.159. The predicted octanol–water partition coefficient (Wildman–Crippen LogP) is 2.35. The Morgan fingerprint density at radius 3 is 2.35 bits per heavy atom. The molecule has 96 valence electrons. The quantitative estimate of drug-likeness (QED) is 0.324. The number of hydrogen-bond donors (Lipinski definition) is 2. The molecule has 17 heavy (non-hydrogen) atoms. The molecule has 0 aromatic carbocycles. The molecule has 0 N–H and O–H groups in total. The van der Waals surface area contributed by atoms with Crippen LogP contribution in [0.2, 0.25) is 0 Å². The van der Waals surface area contributed by atoms with Gasteiger partial charge in [-0.2, -0.15) is 30.5 Å². The van der Waals surface area contributed by atoms with Crippen molar-refractivity contribution in [3.63, 3.8) is 0 Å². The summed E-state index contributed by atoms with van der Waals surface area (Å²) in [5.74, 6) is -1.29. The first-order valence-corrected chi connectivity index (χ1v) is 6.48. The fourth-order valence-corrected chi connectivity index (χ4v) is 1.42. The molecular weight excluding hydrogens is 258 g/mol. The zero-order chi connectivity index (χ0) is 13.3. The molecule has 0 aromatic rings. The molecule has 0 bridgehead atoms. The van der Waals surface area contributed by atoms with Gasteiger partial charge in [-0.05, 0) is 26.2 Å². The Hall–Kier alpha value is -0.670. The zero-order valence-electron chi connectivity index (χ0n) is 9.76. The van der Waals surface area contributed by atoms with Gasteiger partial charge in [-0.15, -0.1) is 0 Å². The standard InChI is InChI=1S/C11H17NO3S2/c1-8(7-12)5-6-10(14)15-9(13)3-2-4-11(16)17/h8,11,16-17H,2-6H2,1H3. The van der Waals surface area contributed by atoms with Crippen LogP contribution in [0.1, 0.15) is 39.0 Å². The molecular formula is C11H17NO3S2. The molecule has 0 spiro atoms. The number of nitrogens with zero attached hydrogens (tertiary/aromatic N) is 1.